The molecule has 0 N–H and O–H groups in total. The first-order chi connectivity index (χ1) is 15.8. The fourth-order valence-electron chi connectivity index (χ4n) is 5.85. The number of hydrogen-bond acceptors (Lipinski definition) is 1. The Kier molecular flexibility index (Phi) is 11.8. The maximum atomic E-state index is 5.70. The third-order valence-corrected chi connectivity index (χ3v) is 8.16. The van der Waals surface area contributed by atoms with Gasteiger partial charge in [-0.25, -0.2) is 0 Å². The van der Waals surface area contributed by atoms with Gasteiger partial charge in [0.15, 0.2) is 0 Å². The summed E-state index contributed by atoms with van der Waals surface area (Å²) in [7, 11) is 0. The minimum Gasteiger partial charge on any atom is -0.494 e. The molecule has 180 valence electrons. The molecule has 0 bridgehead atoms. The summed E-state index contributed by atoms with van der Waals surface area (Å²) in [5, 5.41) is 0. The van der Waals surface area contributed by atoms with E-state index in [0.29, 0.717) is 0 Å². The number of ether oxygens (including phenoxy) is 1. The number of unbranched alkanes of at least 4 members (excludes halogenated alkanes) is 3. The number of rotatable bonds is 14. The molecule has 1 nitrogen and oxygen atoms in total. The number of hydrogen-bond donors (Lipinski definition) is 0. The van der Waals surface area contributed by atoms with Gasteiger partial charge in [0, 0.05) is 0 Å². The van der Waals surface area contributed by atoms with Crippen LogP contribution in [0.2, 0.25) is 0 Å². The number of aryl methyl sites for hydroxylation is 1. The molecule has 32 heavy (non-hydrogen) atoms. The molecule has 1 unspecified atom stereocenters. The van der Waals surface area contributed by atoms with E-state index in [4.69, 9.17) is 4.74 Å². The Labute approximate surface area is 199 Å². The van der Waals surface area contributed by atoms with Crippen LogP contribution in [0.4, 0.5) is 0 Å². The molecule has 1 aromatic rings. The highest BCUT2D eigenvalue weighted by Crippen LogP contribution is 2.37. The van der Waals surface area contributed by atoms with E-state index in [1.165, 1.54) is 108 Å². The minimum absolute atomic E-state index is 0.813. The maximum absolute atomic E-state index is 5.70. The van der Waals surface area contributed by atoms with E-state index in [-0.39, 0.29) is 0 Å². The fourth-order valence-corrected chi connectivity index (χ4v) is 5.85. The van der Waals surface area contributed by atoms with E-state index < -0.39 is 0 Å². The lowest BCUT2D eigenvalue weighted by Gasteiger charge is -2.30. The summed E-state index contributed by atoms with van der Waals surface area (Å²) in [6.07, 6.45) is 26.5. The molecule has 0 aromatic heterocycles. The topological polar surface area (TPSA) is 9.23 Å². The van der Waals surface area contributed by atoms with Crippen LogP contribution < -0.4 is 4.74 Å². The van der Waals surface area contributed by atoms with Gasteiger partial charge in [-0.05, 0) is 80.4 Å². The van der Waals surface area contributed by atoms with Crippen LogP contribution in [0.3, 0.4) is 0 Å². The molecule has 0 saturated heterocycles. The monoisotopic (exact) mass is 438 g/mol. The largest absolute Gasteiger partial charge is 0.494 e. The van der Waals surface area contributed by atoms with Gasteiger partial charge in [0.25, 0.3) is 0 Å². The molecular weight excluding hydrogens is 388 g/mol. The Morgan fingerprint density at radius 1 is 0.719 bits per heavy atom. The lowest BCUT2D eigenvalue weighted by molar-refractivity contribution is 0.234. The van der Waals surface area contributed by atoms with Crippen molar-refractivity contribution in [2.75, 3.05) is 6.61 Å². The van der Waals surface area contributed by atoms with Crippen molar-refractivity contribution >= 4 is 0 Å². The summed E-state index contributed by atoms with van der Waals surface area (Å²) < 4.78 is 5.70. The van der Waals surface area contributed by atoms with Gasteiger partial charge in [-0.15, -0.1) is 0 Å². The van der Waals surface area contributed by atoms with Gasteiger partial charge in [0.2, 0.25) is 0 Å². The molecule has 2 aliphatic carbocycles. The second-order valence-corrected chi connectivity index (χ2v) is 10.8. The van der Waals surface area contributed by atoms with E-state index in [1.54, 1.807) is 5.57 Å². The third kappa shape index (κ3) is 9.32. The highest BCUT2D eigenvalue weighted by molar-refractivity contribution is 5.28. The first-order valence-electron chi connectivity index (χ1n) is 14.2. The fraction of sp³-hybridized carbons (Fsp3) is 0.742. The summed E-state index contributed by atoms with van der Waals surface area (Å²) in [6.45, 7) is 5.28. The van der Waals surface area contributed by atoms with E-state index in [1.807, 2.05) is 0 Å². The van der Waals surface area contributed by atoms with Crippen LogP contribution in [0, 0.1) is 17.8 Å². The smallest absolute Gasteiger partial charge is 0.119 e. The van der Waals surface area contributed by atoms with Crippen LogP contribution in [-0.2, 0) is 6.42 Å². The normalized spacial score (nSPS) is 23.7. The second-order valence-electron chi connectivity index (χ2n) is 10.8. The standard InChI is InChI=1S/C31H50O/c1-3-5-6-7-8-26-9-11-27(12-10-26)13-14-28-15-17-29(18-16-28)19-20-30-21-23-31(24-22-30)32-25-4-2/h17,21-24,26-28H,3-16,18-20,25H2,1-2H3. The Bertz CT molecular complexity index is 635. The van der Waals surface area contributed by atoms with E-state index in [9.17, 15) is 0 Å². The maximum Gasteiger partial charge on any atom is 0.119 e. The molecule has 0 heterocycles. The van der Waals surface area contributed by atoms with Gasteiger partial charge in [-0.2, -0.15) is 0 Å². The van der Waals surface area contributed by atoms with Crippen LogP contribution in [0.15, 0.2) is 35.9 Å². The van der Waals surface area contributed by atoms with E-state index in [2.05, 4.69) is 44.2 Å². The number of benzene rings is 1. The van der Waals surface area contributed by atoms with Gasteiger partial charge in [0.1, 0.15) is 5.75 Å². The molecular formula is C31H50O. The molecule has 1 atom stereocenters. The highest BCUT2D eigenvalue weighted by atomic mass is 16.5. The van der Waals surface area contributed by atoms with Gasteiger partial charge >= 0.3 is 0 Å². The molecule has 0 spiro atoms. The zero-order chi connectivity index (χ0) is 22.4. The van der Waals surface area contributed by atoms with Crippen LogP contribution in [-0.4, -0.2) is 6.61 Å². The summed E-state index contributed by atoms with van der Waals surface area (Å²) in [5.74, 6) is 4.07. The first-order valence-corrected chi connectivity index (χ1v) is 14.2. The van der Waals surface area contributed by atoms with Crippen molar-refractivity contribution < 1.29 is 4.74 Å². The van der Waals surface area contributed by atoms with Crippen molar-refractivity contribution in [3.8, 4) is 5.75 Å². The zero-order valence-electron chi connectivity index (χ0n) is 21.3. The molecule has 1 fully saturated rings. The predicted octanol–water partition coefficient (Wildman–Crippen LogP) is 9.69. The van der Waals surface area contributed by atoms with Gasteiger partial charge in [0.05, 0.1) is 6.61 Å². The van der Waals surface area contributed by atoms with Crippen molar-refractivity contribution in [2.24, 2.45) is 17.8 Å². The molecule has 1 saturated carbocycles. The average molecular weight is 439 g/mol. The Hall–Kier alpha value is -1.24. The molecule has 1 heteroatoms. The Balaban J connectivity index is 1.26. The highest BCUT2D eigenvalue weighted by Gasteiger charge is 2.22. The van der Waals surface area contributed by atoms with Crippen molar-refractivity contribution in [1.82, 2.24) is 0 Å². The molecule has 3 rings (SSSR count). The first kappa shape index (κ1) is 25.4. The minimum atomic E-state index is 0.813. The summed E-state index contributed by atoms with van der Waals surface area (Å²) in [5.41, 5.74) is 3.15. The van der Waals surface area contributed by atoms with E-state index >= 15 is 0 Å². The second kappa shape index (κ2) is 14.8. The van der Waals surface area contributed by atoms with Crippen molar-refractivity contribution in [2.45, 2.75) is 123 Å². The van der Waals surface area contributed by atoms with Gasteiger partial charge in [-0.3, -0.25) is 0 Å². The van der Waals surface area contributed by atoms with Crippen LogP contribution in [0.1, 0.15) is 122 Å². The molecule has 0 radical (unpaired) electrons. The lowest BCUT2D eigenvalue weighted by Crippen LogP contribution is -2.16. The molecule has 1 aromatic carbocycles. The molecule has 0 aliphatic heterocycles. The SMILES string of the molecule is CCCCCCC1CCC(CCC2CC=C(CCc3ccc(OCCC)cc3)CC2)CC1. The molecule has 2 aliphatic rings. The van der Waals surface area contributed by atoms with Crippen LogP contribution in [0.5, 0.6) is 5.75 Å². The lowest BCUT2D eigenvalue weighted by atomic mass is 9.76. The van der Waals surface area contributed by atoms with Crippen molar-refractivity contribution in [3.63, 3.8) is 0 Å². The van der Waals surface area contributed by atoms with Crippen molar-refractivity contribution in [1.29, 1.82) is 0 Å². The van der Waals surface area contributed by atoms with Crippen molar-refractivity contribution in [3.05, 3.63) is 41.5 Å². The summed E-state index contributed by atoms with van der Waals surface area (Å²) in [6, 6.07) is 8.76. The molecule has 0 amide bonds. The van der Waals surface area contributed by atoms with Crippen LogP contribution >= 0.6 is 0 Å². The predicted molar refractivity (Wildman–Crippen MR) is 139 cm³/mol. The summed E-state index contributed by atoms with van der Waals surface area (Å²) >= 11 is 0. The Morgan fingerprint density at radius 3 is 2.09 bits per heavy atom. The summed E-state index contributed by atoms with van der Waals surface area (Å²) in [4.78, 5) is 0. The number of allylic oxidation sites excluding steroid dienone is 2. The average Bonchev–Trinajstić information content (AvgIpc) is 2.85. The van der Waals surface area contributed by atoms with Gasteiger partial charge < -0.3 is 4.74 Å². The van der Waals surface area contributed by atoms with Crippen LogP contribution in [0.25, 0.3) is 0 Å². The third-order valence-electron chi connectivity index (χ3n) is 8.16. The van der Waals surface area contributed by atoms with Gasteiger partial charge in [-0.1, -0.05) is 102 Å². The van der Waals surface area contributed by atoms with E-state index in [0.717, 1.165) is 36.5 Å². The quantitative estimate of drug-likeness (QED) is 0.207. The zero-order valence-corrected chi connectivity index (χ0v) is 21.3. The Morgan fingerprint density at radius 2 is 1.44 bits per heavy atom.